The molecule has 0 saturated heterocycles. The zero-order valence-corrected chi connectivity index (χ0v) is 10.9. The molecular formula is C13H16N4O2. The van der Waals surface area contributed by atoms with Crippen molar-refractivity contribution in [3.05, 3.63) is 35.9 Å². The zero-order valence-electron chi connectivity index (χ0n) is 10.9. The summed E-state index contributed by atoms with van der Waals surface area (Å²) in [5, 5.41) is 7.16. The van der Waals surface area contributed by atoms with Gasteiger partial charge in [-0.2, -0.15) is 5.10 Å². The van der Waals surface area contributed by atoms with Crippen LogP contribution < -0.4 is 11.1 Å². The molecule has 0 aliphatic carbocycles. The van der Waals surface area contributed by atoms with Gasteiger partial charge in [0.2, 0.25) is 0 Å². The van der Waals surface area contributed by atoms with Gasteiger partial charge in [-0.1, -0.05) is 18.2 Å². The van der Waals surface area contributed by atoms with Crippen molar-refractivity contribution in [2.24, 2.45) is 7.05 Å². The van der Waals surface area contributed by atoms with Gasteiger partial charge in [0.05, 0.1) is 6.61 Å². The highest BCUT2D eigenvalue weighted by molar-refractivity contribution is 6.00. The summed E-state index contributed by atoms with van der Waals surface area (Å²) < 4.78 is 6.51. The minimum atomic E-state index is -0.480. The standard InChI is InChI=1S/C13H16N4O2/c1-3-19-13(18)10-11(14)16-17(2)12(10)15-9-7-5-4-6-8-9/h4-8,15H,3H2,1-2H3,(H2,14,16). The smallest absolute Gasteiger partial charge is 0.345 e. The average Bonchev–Trinajstić information content (AvgIpc) is 2.66. The Morgan fingerprint density at radius 3 is 2.74 bits per heavy atom. The summed E-state index contributed by atoms with van der Waals surface area (Å²) in [4.78, 5) is 11.9. The van der Waals surface area contributed by atoms with E-state index in [0.717, 1.165) is 5.69 Å². The number of nitrogens with two attached hydrogens (primary N) is 1. The van der Waals surface area contributed by atoms with Gasteiger partial charge in [0.1, 0.15) is 11.4 Å². The molecule has 0 unspecified atom stereocenters. The number of benzene rings is 1. The predicted octanol–water partition coefficient (Wildman–Crippen LogP) is 1.92. The molecule has 19 heavy (non-hydrogen) atoms. The Balaban J connectivity index is 2.37. The van der Waals surface area contributed by atoms with E-state index in [-0.39, 0.29) is 18.0 Å². The van der Waals surface area contributed by atoms with Crippen molar-refractivity contribution >= 4 is 23.3 Å². The van der Waals surface area contributed by atoms with E-state index in [9.17, 15) is 4.79 Å². The molecule has 0 saturated carbocycles. The lowest BCUT2D eigenvalue weighted by molar-refractivity contribution is 0.0528. The van der Waals surface area contributed by atoms with Crippen molar-refractivity contribution in [3.8, 4) is 0 Å². The van der Waals surface area contributed by atoms with E-state index in [1.807, 2.05) is 30.3 Å². The number of rotatable bonds is 4. The summed E-state index contributed by atoms with van der Waals surface area (Å²) in [6, 6.07) is 9.48. The molecule has 3 N–H and O–H groups in total. The van der Waals surface area contributed by atoms with E-state index < -0.39 is 5.97 Å². The normalized spacial score (nSPS) is 10.2. The van der Waals surface area contributed by atoms with Gasteiger partial charge >= 0.3 is 5.97 Å². The topological polar surface area (TPSA) is 82.2 Å². The second-order valence-electron chi connectivity index (χ2n) is 3.94. The molecule has 0 radical (unpaired) electrons. The Kier molecular flexibility index (Phi) is 3.70. The molecule has 0 fully saturated rings. The van der Waals surface area contributed by atoms with Crippen LogP contribution in [0.3, 0.4) is 0 Å². The van der Waals surface area contributed by atoms with Crippen molar-refractivity contribution in [2.75, 3.05) is 17.7 Å². The number of aryl methyl sites for hydroxylation is 1. The highest BCUT2D eigenvalue weighted by Crippen LogP contribution is 2.25. The molecule has 0 spiro atoms. The van der Waals surface area contributed by atoms with Gasteiger partial charge in [-0.15, -0.1) is 0 Å². The quantitative estimate of drug-likeness (QED) is 0.821. The van der Waals surface area contributed by atoms with Gasteiger partial charge in [-0.05, 0) is 19.1 Å². The number of ether oxygens (including phenoxy) is 1. The lowest BCUT2D eigenvalue weighted by Crippen LogP contribution is -2.09. The molecule has 1 aromatic heterocycles. The van der Waals surface area contributed by atoms with E-state index in [1.54, 1.807) is 14.0 Å². The summed E-state index contributed by atoms with van der Waals surface area (Å²) >= 11 is 0. The van der Waals surface area contributed by atoms with Gasteiger partial charge in [-0.25, -0.2) is 9.48 Å². The van der Waals surface area contributed by atoms with Crippen LogP contribution in [0.2, 0.25) is 0 Å². The zero-order chi connectivity index (χ0) is 13.8. The number of hydrogen-bond donors (Lipinski definition) is 2. The SMILES string of the molecule is CCOC(=O)c1c(N)nn(C)c1Nc1ccccc1. The van der Waals surface area contributed by atoms with Crippen LogP contribution in [0.4, 0.5) is 17.3 Å². The molecule has 0 aliphatic rings. The lowest BCUT2D eigenvalue weighted by Gasteiger charge is -2.09. The maximum atomic E-state index is 11.9. The maximum absolute atomic E-state index is 11.9. The van der Waals surface area contributed by atoms with E-state index >= 15 is 0 Å². The minimum absolute atomic E-state index is 0.152. The monoisotopic (exact) mass is 260 g/mol. The number of nitrogens with one attached hydrogen (secondary N) is 1. The van der Waals surface area contributed by atoms with E-state index in [0.29, 0.717) is 5.82 Å². The first-order chi connectivity index (χ1) is 9.13. The molecule has 2 aromatic rings. The molecule has 1 heterocycles. The fraction of sp³-hybridized carbons (Fsp3) is 0.231. The van der Waals surface area contributed by atoms with Crippen LogP contribution in [0.5, 0.6) is 0 Å². The highest BCUT2D eigenvalue weighted by Gasteiger charge is 2.22. The van der Waals surface area contributed by atoms with E-state index in [4.69, 9.17) is 10.5 Å². The van der Waals surface area contributed by atoms with Crippen LogP contribution in [0.15, 0.2) is 30.3 Å². The summed E-state index contributed by atoms with van der Waals surface area (Å²) in [7, 11) is 1.71. The summed E-state index contributed by atoms with van der Waals surface area (Å²) in [5.74, 6) is 0.188. The third-order valence-electron chi connectivity index (χ3n) is 2.59. The first-order valence-corrected chi connectivity index (χ1v) is 5.95. The second kappa shape index (κ2) is 5.43. The Morgan fingerprint density at radius 1 is 1.42 bits per heavy atom. The molecule has 0 atom stereocenters. The fourth-order valence-electron chi connectivity index (χ4n) is 1.75. The number of aromatic nitrogens is 2. The van der Waals surface area contributed by atoms with Gasteiger partial charge in [-0.3, -0.25) is 0 Å². The molecule has 0 aliphatic heterocycles. The number of nitrogens with zero attached hydrogens (tertiary/aromatic N) is 2. The van der Waals surface area contributed by atoms with Crippen LogP contribution in [0.25, 0.3) is 0 Å². The predicted molar refractivity (Wildman–Crippen MR) is 73.3 cm³/mol. The van der Waals surface area contributed by atoms with Gasteiger partial charge in [0.25, 0.3) is 0 Å². The average molecular weight is 260 g/mol. The number of esters is 1. The molecule has 100 valence electrons. The van der Waals surface area contributed by atoms with Crippen molar-refractivity contribution in [2.45, 2.75) is 6.92 Å². The summed E-state index contributed by atoms with van der Waals surface area (Å²) in [6.45, 7) is 2.03. The summed E-state index contributed by atoms with van der Waals surface area (Å²) in [6.07, 6.45) is 0. The van der Waals surface area contributed by atoms with Crippen LogP contribution >= 0.6 is 0 Å². The molecule has 6 heteroatoms. The number of carbonyl (C=O) groups excluding carboxylic acids is 1. The fourth-order valence-corrected chi connectivity index (χ4v) is 1.75. The Hall–Kier alpha value is -2.50. The third kappa shape index (κ3) is 2.67. The molecule has 6 nitrogen and oxygen atoms in total. The molecule has 1 aromatic carbocycles. The van der Waals surface area contributed by atoms with Crippen LogP contribution in [-0.2, 0) is 11.8 Å². The van der Waals surface area contributed by atoms with Gasteiger partial charge < -0.3 is 15.8 Å². The number of hydrogen-bond acceptors (Lipinski definition) is 5. The molecule has 2 rings (SSSR count). The van der Waals surface area contributed by atoms with Gasteiger partial charge in [0.15, 0.2) is 5.82 Å². The van der Waals surface area contributed by atoms with Crippen LogP contribution in [0, 0.1) is 0 Å². The largest absolute Gasteiger partial charge is 0.462 e. The van der Waals surface area contributed by atoms with Gasteiger partial charge in [0, 0.05) is 12.7 Å². The van der Waals surface area contributed by atoms with Crippen molar-refractivity contribution in [3.63, 3.8) is 0 Å². The van der Waals surface area contributed by atoms with E-state index in [1.165, 1.54) is 4.68 Å². The van der Waals surface area contributed by atoms with Crippen molar-refractivity contribution in [1.29, 1.82) is 0 Å². The summed E-state index contributed by atoms with van der Waals surface area (Å²) in [5.41, 5.74) is 6.86. The first-order valence-electron chi connectivity index (χ1n) is 5.95. The van der Waals surface area contributed by atoms with Crippen LogP contribution in [-0.4, -0.2) is 22.4 Å². The molecular weight excluding hydrogens is 244 g/mol. The number of nitrogen functional groups attached to an aromatic ring is 1. The molecule has 0 amide bonds. The second-order valence-corrected chi connectivity index (χ2v) is 3.94. The van der Waals surface area contributed by atoms with Crippen LogP contribution in [0.1, 0.15) is 17.3 Å². The minimum Gasteiger partial charge on any atom is -0.462 e. The number of carbonyl (C=O) groups is 1. The first kappa shape index (κ1) is 12.9. The maximum Gasteiger partial charge on any atom is 0.345 e. The number of anilines is 3. The van der Waals surface area contributed by atoms with Crippen molar-refractivity contribution in [1.82, 2.24) is 9.78 Å². The molecule has 0 bridgehead atoms. The third-order valence-corrected chi connectivity index (χ3v) is 2.59. The Bertz CT molecular complexity index is 578. The Morgan fingerprint density at radius 2 is 2.11 bits per heavy atom. The Labute approximate surface area is 111 Å². The lowest BCUT2D eigenvalue weighted by atomic mass is 10.2. The van der Waals surface area contributed by atoms with Crippen molar-refractivity contribution < 1.29 is 9.53 Å². The van der Waals surface area contributed by atoms with E-state index in [2.05, 4.69) is 10.4 Å². The number of para-hydroxylation sites is 1. The highest BCUT2D eigenvalue weighted by atomic mass is 16.5.